The third-order valence-corrected chi connectivity index (χ3v) is 5.51. The van der Waals surface area contributed by atoms with Gasteiger partial charge in [-0.1, -0.05) is 37.6 Å². The summed E-state index contributed by atoms with van der Waals surface area (Å²) in [6.45, 7) is 6.15. The largest absolute Gasteiger partial charge is 0.343 e. The van der Waals surface area contributed by atoms with Crippen molar-refractivity contribution in [3.63, 3.8) is 0 Å². The van der Waals surface area contributed by atoms with Crippen molar-refractivity contribution in [2.75, 3.05) is 20.6 Å². The lowest BCUT2D eigenvalue weighted by molar-refractivity contribution is 0.0819. The molecule has 0 fully saturated rings. The van der Waals surface area contributed by atoms with Crippen LogP contribution in [0.2, 0.25) is 5.02 Å². The molecule has 0 spiro atoms. The van der Waals surface area contributed by atoms with E-state index in [-0.39, 0.29) is 5.91 Å². The van der Waals surface area contributed by atoms with E-state index in [4.69, 9.17) is 16.7 Å². The average Bonchev–Trinajstić information content (AvgIpc) is 2.99. The van der Waals surface area contributed by atoms with Gasteiger partial charge in [0, 0.05) is 43.0 Å². The lowest BCUT2D eigenvalue weighted by Crippen LogP contribution is -2.36. The molecule has 1 aromatic heterocycles. The fourth-order valence-electron chi connectivity index (χ4n) is 3.81. The highest BCUT2D eigenvalue weighted by atomic mass is 35.5. The van der Waals surface area contributed by atoms with Crippen molar-refractivity contribution >= 4 is 17.5 Å². The number of benzene rings is 1. The van der Waals surface area contributed by atoms with Crippen LogP contribution in [0, 0.1) is 5.92 Å². The molecule has 5 nitrogen and oxygen atoms in total. The third kappa shape index (κ3) is 4.95. The maximum atomic E-state index is 12.7. The van der Waals surface area contributed by atoms with Crippen LogP contribution in [0.4, 0.5) is 0 Å². The molecule has 3 rings (SSSR count). The highest BCUT2D eigenvalue weighted by Crippen LogP contribution is 2.26. The van der Waals surface area contributed by atoms with Crippen molar-refractivity contribution in [2.45, 2.75) is 52.1 Å². The number of rotatable bonds is 7. The van der Waals surface area contributed by atoms with Gasteiger partial charge < -0.3 is 10.2 Å². The molecule has 1 atom stereocenters. The van der Waals surface area contributed by atoms with E-state index in [1.54, 1.807) is 19.0 Å². The first kappa shape index (κ1) is 20.9. The van der Waals surface area contributed by atoms with Crippen LogP contribution >= 0.6 is 11.6 Å². The van der Waals surface area contributed by atoms with Crippen LogP contribution in [-0.4, -0.2) is 47.3 Å². The Hall–Kier alpha value is -1.85. The summed E-state index contributed by atoms with van der Waals surface area (Å²) in [6.07, 6.45) is 3.88. The Morgan fingerprint density at radius 2 is 2.04 bits per heavy atom. The molecule has 28 heavy (non-hydrogen) atoms. The summed E-state index contributed by atoms with van der Waals surface area (Å²) in [5.41, 5.74) is 4.29. The molecule has 1 unspecified atom stereocenters. The van der Waals surface area contributed by atoms with E-state index < -0.39 is 0 Å². The minimum Gasteiger partial charge on any atom is -0.343 e. The summed E-state index contributed by atoms with van der Waals surface area (Å²) in [7, 11) is 3.59. The molecule has 6 heteroatoms. The number of aromatic nitrogens is 2. The Bertz CT molecular complexity index is 811. The predicted molar refractivity (Wildman–Crippen MR) is 114 cm³/mol. The van der Waals surface area contributed by atoms with E-state index in [2.05, 4.69) is 36.0 Å². The van der Waals surface area contributed by atoms with Gasteiger partial charge in [0.2, 0.25) is 0 Å². The molecule has 0 radical (unpaired) electrons. The third-order valence-electron chi connectivity index (χ3n) is 5.25. The van der Waals surface area contributed by atoms with Crippen LogP contribution in [0.3, 0.4) is 0 Å². The van der Waals surface area contributed by atoms with Crippen molar-refractivity contribution in [3.8, 4) is 0 Å². The Kier molecular flexibility index (Phi) is 6.78. The van der Waals surface area contributed by atoms with Gasteiger partial charge in [-0.05, 0) is 55.8 Å². The maximum absolute atomic E-state index is 12.7. The fraction of sp³-hybridized carbons (Fsp3) is 0.545. The number of halogens is 1. The number of fused-ring (bicyclic) bond motifs is 1. The summed E-state index contributed by atoms with van der Waals surface area (Å²) < 4.78 is 2.07. The molecule has 2 aromatic rings. The van der Waals surface area contributed by atoms with Crippen LogP contribution in [-0.2, 0) is 25.8 Å². The molecule has 0 saturated carbocycles. The Morgan fingerprint density at radius 1 is 1.32 bits per heavy atom. The Morgan fingerprint density at radius 3 is 2.68 bits per heavy atom. The van der Waals surface area contributed by atoms with Gasteiger partial charge in [0.15, 0.2) is 5.69 Å². The quantitative estimate of drug-likeness (QED) is 0.770. The van der Waals surface area contributed by atoms with Gasteiger partial charge in [-0.2, -0.15) is 5.10 Å². The minimum absolute atomic E-state index is 0.000528. The molecular formula is C22H31ClN4O. The fourth-order valence-corrected chi connectivity index (χ4v) is 3.94. The van der Waals surface area contributed by atoms with Crippen LogP contribution in [0.25, 0.3) is 0 Å². The standard InChI is InChI=1S/C22H31ClN4O/c1-15(2)14-27-20-10-9-18(13-19(20)21(25-27)22(28)26(3)4)24-12-11-16-5-7-17(23)8-6-16/h5-8,15,18,24H,9-14H2,1-4H3. The minimum atomic E-state index is 0.000528. The summed E-state index contributed by atoms with van der Waals surface area (Å²) >= 11 is 5.96. The van der Waals surface area contributed by atoms with Gasteiger partial charge >= 0.3 is 0 Å². The molecular weight excluding hydrogens is 372 g/mol. The van der Waals surface area contributed by atoms with E-state index in [1.165, 1.54) is 11.3 Å². The highest BCUT2D eigenvalue weighted by Gasteiger charge is 2.29. The van der Waals surface area contributed by atoms with Crippen LogP contribution in [0.5, 0.6) is 0 Å². The molecule has 1 aromatic carbocycles. The SMILES string of the molecule is CC(C)Cn1nc(C(=O)N(C)C)c2c1CCC(NCCc1ccc(Cl)cc1)C2. The Balaban J connectivity index is 1.69. The van der Waals surface area contributed by atoms with E-state index in [1.807, 2.05) is 12.1 Å². The van der Waals surface area contributed by atoms with E-state index >= 15 is 0 Å². The Labute approximate surface area is 173 Å². The molecule has 0 saturated heterocycles. The summed E-state index contributed by atoms with van der Waals surface area (Å²) in [4.78, 5) is 14.3. The summed E-state index contributed by atoms with van der Waals surface area (Å²) in [6, 6.07) is 8.41. The van der Waals surface area contributed by atoms with Crippen molar-refractivity contribution in [3.05, 3.63) is 51.8 Å². The molecule has 152 valence electrons. The maximum Gasteiger partial charge on any atom is 0.274 e. The summed E-state index contributed by atoms with van der Waals surface area (Å²) in [5, 5.41) is 9.16. The molecule has 1 N–H and O–H groups in total. The van der Waals surface area contributed by atoms with E-state index in [0.29, 0.717) is 17.7 Å². The zero-order valence-electron chi connectivity index (χ0n) is 17.3. The van der Waals surface area contributed by atoms with Crippen molar-refractivity contribution in [2.24, 2.45) is 5.92 Å². The zero-order chi connectivity index (χ0) is 20.3. The second kappa shape index (κ2) is 9.10. The first-order chi connectivity index (χ1) is 13.3. The van der Waals surface area contributed by atoms with Gasteiger partial charge in [-0.3, -0.25) is 9.48 Å². The smallest absolute Gasteiger partial charge is 0.274 e. The predicted octanol–water partition coefficient (Wildman–Crippen LogP) is 3.58. The molecule has 1 aliphatic rings. The summed E-state index contributed by atoms with van der Waals surface area (Å²) in [5.74, 6) is 0.502. The van der Waals surface area contributed by atoms with Gasteiger partial charge in [-0.25, -0.2) is 0 Å². The molecule has 1 heterocycles. The van der Waals surface area contributed by atoms with Crippen LogP contribution < -0.4 is 5.32 Å². The van der Waals surface area contributed by atoms with Gasteiger partial charge in [0.25, 0.3) is 5.91 Å². The van der Waals surface area contributed by atoms with E-state index in [0.717, 1.165) is 49.4 Å². The molecule has 0 bridgehead atoms. The lowest BCUT2D eigenvalue weighted by Gasteiger charge is -2.25. The number of nitrogens with one attached hydrogen (secondary N) is 1. The van der Waals surface area contributed by atoms with Gasteiger partial charge in [0.05, 0.1) is 0 Å². The highest BCUT2D eigenvalue weighted by molar-refractivity contribution is 6.30. The topological polar surface area (TPSA) is 50.2 Å². The van der Waals surface area contributed by atoms with Gasteiger partial charge in [-0.15, -0.1) is 0 Å². The number of hydrogen-bond acceptors (Lipinski definition) is 3. The zero-order valence-corrected chi connectivity index (χ0v) is 18.1. The van der Waals surface area contributed by atoms with Crippen molar-refractivity contribution in [1.29, 1.82) is 0 Å². The first-order valence-electron chi connectivity index (χ1n) is 10.1. The second-order valence-corrected chi connectivity index (χ2v) is 8.76. The molecule has 1 amide bonds. The number of amides is 1. The van der Waals surface area contributed by atoms with Crippen LogP contribution in [0.1, 0.15) is 47.6 Å². The lowest BCUT2D eigenvalue weighted by atomic mass is 9.91. The van der Waals surface area contributed by atoms with E-state index in [9.17, 15) is 4.79 Å². The van der Waals surface area contributed by atoms with Gasteiger partial charge in [0.1, 0.15) is 0 Å². The van der Waals surface area contributed by atoms with Crippen molar-refractivity contribution in [1.82, 2.24) is 20.0 Å². The molecule has 1 aliphatic carbocycles. The number of hydrogen-bond donors (Lipinski definition) is 1. The monoisotopic (exact) mass is 402 g/mol. The number of nitrogens with zero attached hydrogens (tertiary/aromatic N) is 3. The number of carbonyl (C=O) groups excluding carboxylic acids is 1. The molecule has 0 aliphatic heterocycles. The first-order valence-corrected chi connectivity index (χ1v) is 10.5. The second-order valence-electron chi connectivity index (χ2n) is 8.32. The van der Waals surface area contributed by atoms with Crippen LogP contribution in [0.15, 0.2) is 24.3 Å². The van der Waals surface area contributed by atoms with Crippen molar-refractivity contribution < 1.29 is 4.79 Å². The average molecular weight is 403 g/mol. The normalized spacial score (nSPS) is 16.3. The number of carbonyl (C=O) groups is 1.